The van der Waals surface area contributed by atoms with Gasteiger partial charge in [-0.2, -0.15) is 5.10 Å². The van der Waals surface area contributed by atoms with E-state index in [1.165, 1.54) is 0 Å². The van der Waals surface area contributed by atoms with Gasteiger partial charge in [0, 0.05) is 6.07 Å². The van der Waals surface area contributed by atoms with Gasteiger partial charge in [0.2, 0.25) is 0 Å². The van der Waals surface area contributed by atoms with Crippen molar-refractivity contribution in [3.63, 3.8) is 0 Å². The molecular weight excluding hydrogens is 236 g/mol. The van der Waals surface area contributed by atoms with Crippen LogP contribution in [0.1, 0.15) is 19.0 Å². The molecule has 0 aliphatic carbocycles. The molecule has 0 N–H and O–H groups in total. The molecule has 0 aliphatic rings. The van der Waals surface area contributed by atoms with Crippen molar-refractivity contribution < 1.29 is 4.74 Å². The van der Waals surface area contributed by atoms with Gasteiger partial charge in [-0.3, -0.25) is 0 Å². The Morgan fingerprint density at radius 3 is 2.88 bits per heavy atom. The van der Waals surface area contributed by atoms with Crippen LogP contribution < -0.4 is 4.74 Å². The zero-order chi connectivity index (χ0) is 12.3. The van der Waals surface area contributed by atoms with Crippen LogP contribution in [0.4, 0.5) is 0 Å². The first-order chi connectivity index (χ1) is 8.24. The largest absolute Gasteiger partial charge is 0.497 e. The predicted molar refractivity (Wildman–Crippen MR) is 69.1 cm³/mol. The van der Waals surface area contributed by atoms with Crippen molar-refractivity contribution in [3.05, 3.63) is 41.2 Å². The quantitative estimate of drug-likeness (QED) is 0.831. The van der Waals surface area contributed by atoms with E-state index in [-0.39, 0.29) is 0 Å². The second-order valence-electron chi connectivity index (χ2n) is 3.82. The van der Waals surface area contributed by atoms with Gasteiger partial charge in [0.05, 0.1) is 18.5 Å². The summed E-state index contributed by atoms with van der Waals surface area (Å²) in [6.07, 6.45) is 2.00. The van der Waals surface area contributed by atoms with Gasteiger partial charge in [-0.15, -0.1) is 0 Å². The van der Waals surface area contributed by atoms with Crippen LogP contribution in [0.3, 0.4) is 0 Å². The Hall–Kier alpha value is -1.48. The number of aryl methyl sites for hydroxylation is 1. The molecule has 0 amide bonds. The molecule has 0 atom stereocenters. The van der Waals surface area contributed by atoms with E-state index in [0.717, 1.165) is 30.0 Å². The van der Waals surface area contributed by atoms with Crippen molar-refractivity contribution in [2.24, 2.45) is 0 Å². The predicted octanol–water partition coefficient (Wildman–Crippen LogP) is 3.49. The maximum absolute atomic E-state index is 6.17. The summed E-state index contributed by atoms with van der Waals surface area (Å²) in [7, 11) is 1.65. The molecule has 1 aromatic carbocycles. The van der Waals surface area contributed by atoms with Crippen LogP contribution in [0.2, 0.25) is 5.15 Å². The normalized spacial score (nSPS) is 10.5. The third-order valence-corrected chi connectivity index (χ3v) is 2.79. The van der Waals surface area contributed by atoms with Gasteiger partial charge < -0.3 is 4.74 Å². The van der Waals surface area contributed by atoms with Gasteiger partial charge in [-0.25, -0.2) is 4.68 Å². The second kappa shape index (κ2) is 5.23. The lowest BCUT2D eigenvalue weighted by molar-refractivity contribution is 0.414. The zero-order valence-corrected chi connectivity index (χ0v) is 10.7. The van der Waals surface area contributed by atoms with Gasteiger partial charge in [-0.05, 0) is 24.6 Å². The Labute approximate surface area is 106 Å². The van der Waals surface area contributed by atoms with E-state index in [1.54, 1.807) is 11.8 Å². The van der Waals surface area contributed by atoms with E-state index >= 15 is 0 Å². The molecule has 90 valence electrons. The van der Waals surface area contributed by atoms with E-state index in [9.17, 15) is 0 Å². The summed E-state index contributed by atoms with van der Waals surface area (Å²) < 4.78 is 6.92. The fourth-order valence-corrected chi connectivity index (χ4v) is 1.97. The minimum Gasteiger partial charge on any atom is -0.497 e. The first-order valence-corrected chi connectivity index (χ1v) is 6.01. The molecule has 0 spiro atoms. The van der Waals surface area contributed by atoms with Crippen molar-refractivity contribution in [2.45, 2.75) is 19.8 Å². The highest BCUT2D eigenvalue weighted by molar-refractivity contribution is 6.29. The van der Waals surface area contributed by atoms with Crippen LogP contribution in [0.25, 0.3) is 5.69 Å². The van der Waals surface area contributed by atoms with Crippen LogP contribution in [0, 0.1) is 0 Å². The highest BCUT2D eigenvalue weighted by Gasteiger charge is 2.07. The molecule has 0 unspecified atom stereocenters. The molecule has 3 nitrogen and oxygen atoms in total. The highest BCUT2D eigenvalue weighted by Crippen LogP contribution is 2.21. The summed E-state index contributed by atoms with van der Waals surface area (Å²) in [5, 5.41) is 5.10. The molecule has 1 heterocycles. The van der Waals surface area contributed by atoms with E-state index in [0.29, 0.717) is 5.15 Å². The Morgan fingerprint density at radius 2 is 2.18 bits per heavy atom. The fourth-order valence-electron chi connectivity index (χ4n) is 1.71. The minimum absolute atomic E-state index is 0.627. The molecule has 1 aromatic heterocycles. The van der Waals surface area contributed by atoms with Crippen molar-refractivity contribution in [2.75, 3.05) is 7.11 Å². The lowest BCUT2D eigenvalue weighted by Gasteiger charge is -2.05. The van der Waals surface area contributed by atoms with Crippen molar-refractivity contribution >= 4 is 11.6 Å². The van der Waals surface area contributed by atoms with Crippen LogP contribution in [0.15, 0.2) is 30.3 Å². The highest BCUT2D eigenvalue weighted by atomic mass is 35.5. The van der Waals surface area contributed by atoms with Crippen LogP contribution in [0.5, 0.6) is 5.75 Å². The van der Waals surface area contributed by atoms with Crippen LogP contribution in [-0.2, 0) is 6.42 Å². The summed E-state index contributed by atoms with van der Waals surface area (Å²) in [6.45, 7) is 2.12. The third kappa shape index (κ3) is 2.61. The van der Waals surface area contributed by atoms with E-state index < -0.39 is 0 Å². The summed E-state index contributed by atoms with van der Waals surface area (Å²) in [5.74, 6) is 0.797. The summed E-state index contributed by atoms with van der Waals surface area (Å²) in [5.41, 5.74) is 1.93. The lowest BCUT2D eigenvalue weighted by atomic mass is 10.3. The monoisotopic (exact) mass is 250 g/mol. The number of nitrogens with zero attached hydrogens (tertiary/aromatic N) is 2. The fraction of sp³-hybridized carbons (Fsp3) is 0.308. The third-order valence-electron chi connectivity index (χ3n) is 2.52. The number of hydrogen-bond acceptors (Lipinski definition) is 2. The molecule has 0 fully saturated rings. The first kappa shape index (κ1) is 12.0. The average molecular weight is 251 g/mol. The second-order valence-corrected chi connectivity index (χ2v) is 4.21. The Bertz CT molecular complexity index is 508. The van der Waals surface area contributed by atoms with Gasteiger partial charge in [0.25, 0.3) is 0 Å². The van der Waals surface area contributed by atoms with Gasteiger partial charge >= 0.3 is 0 Å². The van der Waals surface area contributed by atoms with Crippen molar-refractivity contribution in [1.29, 1.82) is 0 Å². The number of halogens is 1. The average Bonchev–Trinajstić information content (AvgIpc) is 2.71. The van der Waals surface area contributed by atoms with Crippen molar-refractivity contribution in [1.82, 2.24) is 9.78 Å². The Kier molecular flexibility index (Phi) is 3.69. The minimum atomic E-state index is 0.627. The number of aromatic nitrogens is 2. The number of ether oxygens (including phenoxy) is 1. The number of benzene rings is 1. The smallest absolute Gasteiger partial charge is 0.133 e. The van der Waals surface area contributed by atoms with Gasteiger partial charge in [0.15, 0.2) is 0 Å². The molecule has 0 saturated heterocycles. The SMILES string of the molecule is CCCc1cc(Cl)n(-c2cccc(OC)c2)n1. The van der Waals surface area contributed by atoms with E-state index in [1.807, 2.05) is 30.3 Å². The summed E-state index contributed by atoms with van der Waals surface area (Å²) in [6, 6.07) is 9.59. The molecule has 0 radical (unpaired) electrons. The topological polar surface area (TPSA) is 27.1 Å². The summed E-state index contributed by atoms with van der Waals surface area (Å²) >= 11 is 6.17. The molecule has 2 aromatic rings. The van der Waals surface area contributed by atoms with Gasteiger partial charge in [0.1, 0.15) is 10.9 Å². The molecule has 4 heteroatoms. The molecule has 0 aliphatic heterocycles. The Balaban J connectivity index is 2.37. The lowest BCUT2D eigenvalue weighted by Crippen LogP contribution is -1.98. The van der Waals surface area contributed by atoms with Crippen LogP contribution in [-0.4, -0.2) is 16.9 Å². The maximum atomic E-state index is 6.17. The van der Waals surface area contributed by atoms with Crippen LogP contribution >= 0.6 is 11.6 Å². The van der Waals surface area contributed by atoms with Crippen molar-refractivity contribution in [3.8, 4) is 11.4 Å². The molecule has 0 bridgehead atoms. The molecule has 2 rings (SSSR count). The van der Waals surface area contributed by atoms with E-state index in [2.05, 4.69) is 12.0 Å². The number of methoxy groups -OCH3 is 1. The molecule has 17 heavy (non-hydrogen) atoms. The molecule has 0 saturated carbocycles. The number of rotatable bonds is 4. The molecular formula is C13H15ClN2O. The summed E-state index contributed by atoms with van der Waals surface area (Å²) in [4.78, 5) is 0. The standard InChI is InChI=1S/C13H15ClN2O/c1-3-5-10-8-13(14)16(15-10)11-6-4-7-12(9-11)17-2/h4,6-9H,3,5H2,1-2H3. The maximum Gasteiger partial charge on any atom is 0.133 e. The van der Waals surface area contributed by atoms with Gasteiger partial charge in [-0.1, -0.05) is 31.0 Å². The van der Waals surface area contributed by atoms with E-state index in [4.69, 9.17) is 16.3 Å². The first-order valence-electron chi connectivity index (χ1n) is 5.63. The zero-order valence-electron chi connectivity index (χ0n) is 9.98. The number of hydrogen-bond donors (Lipinski definition) is 0. The Morgan fingerprint density at radius 1 is 1.35 bits per heavy atom.